The third-order valence-electron chi connectivity index (χ3n) is 2.80. The van der Waals surface area contributed by atoms with Crippen molar-refractivity contribution in [1.82, 2.24) is 9.78 Å². The van der Waals surface area contributed by atoms with Gasteiger partial charge in [-0.25, -0.2) is 9.07 Å². The fourth-order valence-corrected chi connectivity index (χ4v) is 1.81. The molecule has 3 N–H and O–H groups in total. The van der Waals surface area contributed by atoms with Crippen LogP contribution in [0.1, 0.15) is 16.8 Å². The van der Waals surface area contributed by atoms with E-state index in [0.29, 0.717) is 28.5 Å². The summed E-state index contributed by atoms with van der Waals surface area (Å²) >= 11 is 0. The molecule has 0 saturated carbocycles. The first-order valence-electron chi connectivity index (χ1n) is 5.72. The summed E-state index contributed by atoms with van der Waals surface area (Å²) in [5.74, 6) is 0.191. The minimum Gasteiger partial charge on any atom is -0.438 e. The number of benzene rings is 1. The summed E-state index contributed by atoms with van der Waals surface area (Å²) in [6.07, 6.45) is 0. The Morgan fingerprint density at radius 2 is 2.11 bits per heavy atom. The topological polar surface area (TPSA) is 76.9 Å². The van der Waals surface area contributed by atoms with Crippen LogP contribution in [0.2, 0.25) is 0 Å². The van der Waals surface area contributed by atoms with Crippen LogP contribution in [-0.2, 0) is 7.05 Å². The van der Waals surface area contributed by atoms with Gasteiger partial charge in [-0.15, -0.1) is 0 Å². The van der Waals surface area contributed by atoms with E-state index in [1.165, 1.54) is 10.7 Å². The third kappa shape index (κ3) is 2.42. The lowest BCUT2D eigenvalue weighted by Crippen LogP contribution is -2.13. The van der Waals surface area contributed by atoms with Crippen molar-refractivity contribution in [3.05, 3.63) is 40.8 Å². The Balaban J connectivity index is 2.43. The molecule has 2 aromatic rings. The van der Waals surface area contributed by atoms with Crippen LogP contribution in [0.15, 0.2) is 18.2 Å². The number of halogens is 1. The van der Waals surface area contributed by atoms with Crippen LogP contribution < -0.4 is 10.5 Å². The van der Waals surface area contributed by atoms with Crippen molar-refractivity contribution < 1.29 is 9.13 Å². The van der Waals surface area contributed by atoms with E-state index in [4.69, 9.17) is 15.9 Å². The molecule has 0 fully saturated rings. The van der Waals surface area contributed by atoms with E-state index in [-0.39, 0.29) is 11.7 Å². The molecule has 1 heterocycles. The standard InChI is InChI=1S/C13H15FN4O/c1-7-4-5-9(6-10(7)14)19-13-11(12(15)16)8(2)17-18(13)3/h4-6H,1-3H3,(H3,15,16). The van der Waals surface area contributed by atoms with Crippen LogP contribution in [0.5, 0.6) is 11.6 Å². The van der Waals surface area contributed by atoms with E-state index in [1.807, 2.05) is 0 Å². The first-order valence-corrected chi connectivity index (χ1v) is 5.72. The molecule has 0 saturated heterocycles. The van der Waals surface area contributed by atoms with Crippen LogP contribution >= 0.6 is 0 Å². The second kappa shape index (κ2) is 4.72. The van der Waals surface area contributed by atoms with Crippen molar-refractivity contribution >= 4 is 5.84 Å². The monoisotopic (exact) mass is 262 g/mol. The maximum Gasteiger partial charge on any atom is 0.228 e. The molecule has 0 aliphatic rings. The van der Waals surface area contributed by atoms with E-state index in [9.17, 15) is 4.39 Å². The number of ether oxygens (including phenoxy) is 1. The smallest absolute Gasteiger partial charge is 0.228 e. The van der Waals surface area contributed by atoms with Crippen molar-refractivity contribution in [3.8, 4) is 11.6 Å². The van der Waals surface area contributed by atoms with Crippen molar-refractivity contribution in [2.24, 2.45) is 12.8 Å². The molecular weight excluding hydrogens is 247 g/mol. The number of hydrogen-bond acceptors (Lipinski definition) is 3. The Morgan fingerprint density at radius 3 is 2.68 bits per heavy atom. The Labute approximate surface area is 110 Å². The second-order valence-corrected chi connectivity index (χ2v) is 4.32. The molecule has 0 unspecified atom stereocenters. The number of hydrogen-bond donors (Lipinski definition) is 2. The Kier molecular flexibility index (Phi) is 3.25. The number of aryl methyl sites for hydroxylation is 3. The molecule has 100 valence electrons. The van der Waals surface area contributed by atoms with Gasteiger partial charge in [-0.05, 0) is 25.5 Å². The van der Waals surface area contributed by atoms with Crippen molar-refractivity contribution in [1.29, 1.82) is 5.41 Å². The summed E-state index contributed by atoms with van der Waals surface area (Å²) in [5.41, 5.74) is 7.07. The van der Waals surface area contributed by atoms with Gasteiger partial charge in [0.25, 0.3) is 0 Å². The highest BCUT2D eigenvalue weighted by molar-refractivity contribution is 5.98. The van der Waals surface area contributed by atoms with E-state index in [0.717, 1.165) is 0 Å². The van der Waals surface area contributed by atoms with Gasteiger partial charge in [0.2, 0.25) is 5.88 Å². The zero-order valence-electron chi connectivity index (χ0n) is 11.0. The number of nitrogens with two attached hydrogens (primary N) is 1. The van der Waals surface area contributed by atoms with Crippen LogP contribution in [0.3, 0.4) is 0 Å². The number of nitrogens with zero attached hydrogens (tertiary/aromatic N) is 2. The molecule has 19 heavy (non-hydrogen) atoms. The number of rotatable bonds is 3. The van der Waals surface area contributed by atoms with E-state index in [1.54, 1.807) is 33.0 Å². The predicted octanol–water partition coefficient (Wildman–Crippen LogP) is 2.25. The fourth-order valence-electron chi connectivity index (χ4n) is 1.81. The van der Waals surface area contributed by atoms with Crippen LogP contribution in [0.4, 0.5) is 4.39 Å². The van der Waals surface area contributed by atoms with Gasteiger partial charge in [-0.2, -0.15) is 5.10 Å². The van der Waals surface area contributed by atoms with Gasteiger partial charge in [0.1, 0.15) is 23.0 Å². The number of nitrogens with one attached hydrogen (secondary N) is 1. The zero-order valence-corrected chi connectivity index (χ0v) is 11.0. The van der Waals surface area contributed by atoms with Crippen molar-refractivity contribution in [3.63, 3.8) is 0 Å². The zero-order chi connectivity index (χ0) is 14.2. The Morgan fingerprint density at radius 1 is 1.42 bits per heavy atom. The normalized spacial score (nSPS) is 10.5. The molecule has 5 nitrogen and oxygen atoms in total. The summed E-state index contributed by atoms with van der Waals surface area (Å²) in [4.78, 5) is 0. The van der Waals surface area contributed by atoms with Gasteiger partial charge in [0.05, 0.1) is 5.69 Å². The number of amidine groups is 1. The molecule has 6 heteroatoms. The summed E-state index contributed by atoms with van der Waals surface area (Å²) in [7, 11) is 1.68. The SMILES string of the molecule is Cc1ccc(Oc2c(C(=N)N)c(C)nn2C)cc1F. The van der Waals surface area contributed by atoms with Crippen LogP contribution in [0.25, 0.3) is 0 Å². The predicted molar refractivity (Wildman–Crippen MR) is 70.2 cm³/mol. The molecule has 0 radical (unpaired) electrons. The maximum absolute atomic E-state index is 13.5. The molecule has 0 bridgehead atoms. The number of aromatic nitrogens is 2. The van der Waals surface area contributed by atoms with Crippen molar-refractivity contribution in [2.75, 3.05) is 0 Å². The van der Waals surface area contributed by atoms with Gasteiger partial charge in [-0.3, -0.25) is 5.41 Å². The van der Waals surface area contributed by atoms with E-state index in [2.05, 4.69) is 5.10 Å². The van der Waals surface area contributed by atoms with Crippen LogP contribution in [-0.4, -0.2) is 15.6 Å². The largest absolute Gasteiger partial charge is 0.438 e. The molecule has 0 spiro atoms. The number of nitrogen functional groups attached to an aromatic ring is 1. The summed E-state index contributed by atoms with van der Waals surface area (Å²) in [6, 6.07) is 4.58. The van der Waals surface area contributed by atoms with E-state index >= 15 is 0 Å². The minimum atomic E-state index is -0.347. The molecule has 2 rings (SSSR count). The summed E-state index contributed by atoms with van der Waals surface area (Å²) < 4.78 is 20.6. The maximum atomic E-state index is 13.5. The lowest BCUT2D eigenvalue weighted by molar-refractivity contribution is 0.426. The molecular formula is C13H15FN4O. The fraction of sp³-hybridized carbons (Fsp3) is 0.231. The lowest BCUT2D eigenvalue weighted by Gasteiger charge is -2.08. The highest BCUT2D eigenvalue weighted by atomic mass is 19.1. The average Bonchev–Trinajstić information content (AvgIpc) is 2.59. The quantitative estimate of drug-likeness (QED) is 0.658. The first-order chi connectivity index (χ1) is 8.90. The molecule has 0 atom stereocenters. The average molecular weight is 262 g/mol. The second-order valence-electron chi connectivity index (χ2n) is 4.32. The van der Waals surface area contributed by atoms with E-state index < -0.39 is 0 Å². The van der Waals surface area contributed by atoms with Gasteiger partial charge in [-0.1, -0.05) is 6.07 Å². The summed E-state index contributed by atoms with van der Waals surface area (Å²) in [5, 5.41) is 11.7. The molecule has 1 aromatic heterocycles. The molecule has 0 aliphatic heterocycles. The van der Waals surface area contributed by atoms with Gasteiger partial charge < -0.3 is 10.5 Å². The van der Waals surface area contributed by atoms with Gasteiger partial charge in [0, 0.05) is 13.1 Å². The van der Waals surface area contributed by atoms with Gasteiger partial charge in [0.15, 0.2) is 0 Å². The molecule has 0 aliphatic carbocycles. The Bertz CT molecular complexity index is 648. The third-order valence-corrected chi connectivity index (χ3v) is 2.80. The Hall–Kier alpha value is -2.37. The summed E-state index contributed by atoms with van der Waals surface area (Å²) in [6.45, 7) is 3.41. The highest BCUT2D eigenvalue weighted by Crippen LogP contribution is 2.27. The van der Waals surface area contributed by atoms with Crippen LogP contribution in [0, 0.1) is 25.1 Å². The molecule has 1 aromatic carbocycles. The first kappa shape index (κ1) is 13.1. The van der Waals surface area contributed by atoms with Gasteiger partial charge >= 0.3 is 0 Å². The molecule has 0 amide bonds. The minimum absolute atomic E-state index is 0.131. The van der Waals surface area contributed by atoms with Crippen molar-refractivity contribution in [2.45, 2.75) is 13.8 Å². The highest BCUT2D eigenvalue weighted by Gasteiger charge is 2.18. The lowest BCUT2D eigenvalue weighted by atomic mass is 10.2.